The molecule has 26 heavy (non-hydrogen) atoms. The third-order valence-electron chi connectivity index (χ3n) is 3.69. The Bertz CT molecular complexity index is 854. The van der Waals surface area contributed by atoms with E-state index >= 15 is 0 Å². The summed E-state index contributed by atoms with van der Waals surface area (Å²) in [5.41, 5.74) is 0.856. The van der Waals surface area contributed by atoms with Crippen molar-refractivity contribution >= 4 is 11.6 Å². The Kier molecular flexibility index (Phi) is 5.70. The second-order valence-corrected chi connectivity index (χ2v) is 5.85. The second kappa shape index (κ2) is 8.16. The predicted octanol–water partition coefficient (Wildman–Crippen LogP) is 4.00. The van der Waals surface area contributed by atoms with Crippen molar-refractivity contribution in [3.8, 4) is 11.5 Å². The zero-order valence-electron chi connectivity index (χ0n) is 14.5. The summed E-state index contributed by atoms with van der Waals surface area (Å²) in [6.07, 6.45) is 0.596. The number of benzene rings is 1. The molecule has 0 saturated carbocycles. The van der Waals surface area contributed by atoms with Crippen molar-refractivity contribution in [1.82, 2.24) is 15.1 Å². The smallest absolute Gasteiger partial charge is 0.267 e. The number of pyridine rings is 1. The highest BCUT2D eigenvalue weighted by Gasteiger charge is 2.23. The maximum Gasteiger partial charge on any atom is 0.267 e. The number of methoxy groups -OCH3 is 2. The van der Waals surface area contributed by atoms with Gasteiger partial charge in [0.05, 0.1) is 13.3 Å². The van der Waals surface area contributed by atoms with Gasteiger partial charge in [-0.15, -0.1) is 0 Å². The van der Waals surface area contributed by atoms with Crippen LogP contribution in [0.4, 0.5) is 0 Å². The molecule has 0 fully saturated rings. The summed E-state index contributed by atoms with van der Waals surface area (Å²) in [7, 11) is 3.19. The number of halogens is 1. The molecule has 0 N–H and O–H groups in total. The largest absolute Gasteiger partial charge is 0.497 e. The third kappa shape index (κ3) is 4.12. The van der Waals surface area contributed by atoms with Gasteiger partial charge in [0.25, 0.3) is 5.89 Å². The number of rotatable bonds is 7. The van der Waals surface area contributed by atoms with E-state index in [2.05, 4.69) is 15.1 Å². The van der Waals surface area contributed by atoms with E-state index in [-0.39, 0.29) is 0 Å². The topological polar surface area (TPSA) is 79.5 Å². The Balaban J connectivity index is 1.77. The van der Waals surface area contributed by atoms with Crippen molar-refractivity contribution in [2.45, 2.75) is 19.1 Å². The molecule has 2 heterocycles. The van der Waals surface area contributed by atoms with Gasteiger partial charge in [-0.3, -0.25) is 0 Å². The van der Waals surface area contributed by atoms with Crippen LogP contribution >= 0.6 is 11.6 Å². The van der Waals surface area contributed by atoms with Gasteiger partial charge in [-0.05, 0) is 36.8 Å². The molecule has 0 aliphatic heterocycles. The average molecular weight is 376 g/mol. The zero-order valence-corrected chi connectivity index (χ0v) is 15.3. The van der Waals surface area contributed by atoms with E-state index in [9.17, 15) is 0 Å². The maximum absolute atomic E-state index is 5.77. The van der Waals surface area contributed by atoms with Crippen LogP contribution in [0.5, 0.6) is 11.5 Å². The van der Waals surface area contributed by atoms with Gasteiger partial charge in [-0.25, -0.2) is 4.98 Å². The molecule has 3 rings (SSSR count). The van der Waals surface area contributed by atoms with E-state index in [4.69, 9.17) is 30.3 Å². The zero-order chi connectivity index (χ0) is 18.5. The molecule has 0 amide bonds. The van der Waals surface area contributed by atoms with Crippen LogP contribution in [0.1, 0.15) is 36.4 Å². The normalized spacial score (nSPS) is 13.2. The van der Waals surface area contributed by atoms with Crippen molar-refractivity contribution in [3.63, 3.8) is 0 Å². The highest BCUT2D eigenvalue weighted by molar-refractivity contribution is 6.29. The van der Waals surface area contributed by atoms with Gasteiger partial charge in [0.2, 0.25) is 5.82 Å². The van der Waals surface area contributed by atoms with Crippen LogP contribution in [0.2, 0.25) is 5.15 Å². The molecule has 0 spiro atoms. The van der Waals surface area contributed by atoms with Gasteiger partial charge in [0.15, 0.2) is 6.10 Å². The fraction of sp³-hybridized carbons (Fsp3) is 0.278. The van der Waals surface area contributed by atoms with Crippen molar-refractivity contribution in [2.75, 3.05) is 14.2 Å². The molecule has 1 unspecified atom stereocenters. The van der Waals surface area contributed by atoms with Crippen molar-refractivity contribution in [3.05, 3.63) is 65.0 Å². The van der Waals surface area contributed by atoms with E-state index in [1.54, 1.807) is 33.3 Å². The first-order valence-electron chi connectivity index (χ1n) is 7.89. The Labute approximate surface area is 155 Å². The summed E-state index contributed by atoms with van der Waals surface area (Å²) in [6.45, 7) is 1.80. The van der Waals surface area contributed by atoms with E-state index in [0.717, 1.165) is 11.3 Å². The van der Waals surface area contributed by atoms with Crippen LogP contribution in [0.25, 0.3) is 0 Å². The molecule has 0 saturated heterocycles. The number of hydrogen-bond acceptors (Lipinski definition) is 7. The average Bonchev–Trinajstić information content (AvgIpc) is 3.14. The lowest BCUT2D eigenvalue weighted by Gasteiger charge is -2.13. The molecule has 136 valence electrons. The summed E-state index contributed by atoms with van der Waals surface area (Å²) in [6, 6.07) is 10.9. The van der Waals surface area contributed by atoms with Gasteiger partial charge in [0.1, 0.15) is 22.8 Å². The van der Waals surface area contributed by atoms with Crippen LogP contribution in [0.3, 0.4) is 0 Å². The molecule has 1 aromatic carbocycles. The Morgan fingerprint density at radius 2 is 1.96 bits per heavy atom. The van der Waals surface area contributed by atoms with Crippen LogP contribution in [-0.4, -0.2) is 29.3 Å². The van der Waals surface area contributed by atoms with Crippen molar-refractivity contribution in [1.29, 1.82) is 0 Å². The lowest BCUT2D eigenvalue weighted by Crippen LogP contribution is -2.07. The SMILES string of the molecule is COc1cccc(C(OC)c2noc([C@H](C)Oc3ccc(Cl)nc3)n2)c1. The first-order valence-corrected chi connectivity index (χ1v) is 8.27. The molecule has 0 bridgehead atoms. The number of ether oxygens (including phenoxy) is 3. The van der Waals surface area contributed by atoms with Crippen molar-refractivity contribution in [2.24, 2.45) is 0 Å². The molecule has 2 aromatic heterocycles. The summed E-state index contributed by atoms with van der Waals surface area (Å²) < 4.78 is 21.9. The quantitative estimate of drug-likeness (QED) is 0.577. The maximum atomic E-state index is 5.77. The first-order chi connectivity index (χ1) is 12.6. The molecule has 0 radical (unpaired) electrons. The number of hydrogen-bond donors (Lipinski definition) is 0. The Hall–Kier alpha value is -2.64. The Morgan fingerprint density at radius 3 is 2.65 bits per heavy atom. The standard InChI is InChI=1S/C18H18ClN3O4/c1-11(25-14-7-8-15(19)20-10-14)18-21-17(22-26-18)16(24-3)12-5-4-6-13(9-12)23-2/h4-11,16H,1-3H3/t11-,16?/m0/s1. The minimum Gasteiger partial charge on any atom is -0.497 e. The van der Waals surface area contributed by atoms with Crippen LogP contribution < -0.4 is 9.47 Å². The van der Waals surface area contributed by atoms with Crippen molar-refractivity contribution < 1.29 is 18.7 Å². The van der Waals surface area contributed by atoms with Gasteiger partial charge >= 0.3 is 0 Å². The monoisotopic (exact) mass is 375 g/mol. The number of aromatic nitrogens is 3. The van der Waals surface area contributed by atoms with E-state index in [1.165, 1.54) is 6.20 Å². The van der Waals surface area contributed by atoms with Gasteiger partial charge in [-0.1, -0.05) is 28.9 Å². The fourth-order valence-corrected chi connectivity index (χ4v) is 2.51. The minimum absolute atomic E-state index is 0.333. The lowest BCUT2D eigenvalue weighted by atomic mass is 10.1. The molecule has 0 aliphatic rings. The molecule has 2 atom stereocenters. The fourth-order valence-electron chi connectivity index (χ4n) is 2.40. The molecule has 7 nitrogen and oxygen atoms in total. The summed E-state index contributed by atoms with van der Waals surface area (Å²) in [5, 5.41) is 4.42. The summed E-state index contributed by atoms with van der Waals surface area (Å²) in [5.74, 6) is 2.01. The van der Waals surface area contributed by atoms with E-state index in [0.29, 0.717) is 22.6 Å². The van der Waals surface area contributed by atoms with Crippen LogP contribution in [0.15, 0.2) is 47.1 Å². The third-order valence-corrected chi connectivity index (χ3v) is 3.91. The van der Waals surface area contributed by atoms with Gasteiger partial charge in [-0.2, -0.15) is 4.98 Å². The number of nitrogens with zero attached hydrogens (tertiary/aromatic N) is 3. The first kappa shape index (κ1) is 18.2. The molecular weight excluding hydrogens is 358 g/mol. The second-order valence-electron chi connectivity index (χ2n) is 5.46. The van der Waals surface area contributed by atoms with Gasteiger partial charge < -0.3 is 18.7 Å². The summed E-state index contributed by atoms with van der Waals surface area (Å²) >= 11 is 5.77. The highest BCUT2D eigenvalue weighted by atomic mass is 35.5. The van der Waals surface area contributed by atoms with Crippen LogP contribution in [-0.2, 0) is 4.74 Å². The minimum atomic E-state index is -0.480. The molecular formula is C18H18ClN3O4. The summed E-state index contributed by atoms with van der Waals surface area (Å²) in [4.78, 5) is 8.38. The predicted molar refractivity (Wildman–Crippen MR) is 94.4 cm³/mol. The van der Waals surface area contributed by atoms with E-state index in [1.807, 2.05) is 24.3 Å². The lowest BCUT2D eigenvalue weighted by molar-refractivity contribution is 0.126. The van der Waals surface area contributed by atoms with Crippen LogP contribution in [0, 0.1) is 0 Å². The Morgan fingerprint density at radius 1 is 1.12 bits per heavy atom. The van der Waals surface area contributed by atoms with Gasteiger partial charge in [0, 0.05) is 7.11 Å². The van der Waals surface area contributed by atoms with E-state index < -0.39 is 12.2 Å². The highest BCUT2D eigenvalue weighted by Crippen LogP contribution is 2.28. The molecule has 8 heteroatoms. The molecule has 3 aromatic rings. The molecule has 0 aliphatic carbocycles.